The zero-order chi connectivity index (χ0) is 13.2. The van der Waals surface area contributed by atoms with Crippen LogP contribution in [0.2, 0.25) is 5.02 Å². The molecule has 1 N–H and O–H groups in total. The van der Waals surface area contributed by atoms with Crippen LogP contribution in [0.3, 0.4) is 0 Å². The molecular formula is C11H8ClF3N2O. The minimum atomic E-state index is -4.40. The maximum absolute atomic E-state index is 12.4. The van der Waals surface area contributed by atoms with Gasteiger partial charge in [0.15, 0.2) is 6.39 Å². The molecule has 0 amide bonds. The highest BCUT2D eigenvalue weighted by Crippen LogP contribution is 2.33. The summed E-state index contributed by atoms with van der Waals surface area (Å²) in [7, 11) is 0. The van der Waals surface area contributed by atoms with Gasteiger partial charge in [0.2, 0.25) is 0 Å². The van der Waals surface area contributed by atoms with Crippen LogP contribution < -0.4 is 5.32 Å². The van der Waals surface area contributed by atoms with E-state index in [1.165, 1.54) is 18.7 Å². The first-order chi connectivity index (χ1) is 8.47. The molecule has 0 saturated carbocycles. The van der Waals surface area contributed by atoms with Crippen LogP contribution in [0.25, 0.3) is 0 Å². The number of hydrogen-bond acceptors (Lipinski definition) is 3. The van der Waals surface area contributed by atoms with Crippen molar-refractivity contribution < 1.29 is 17.6 Å². The molecule has 2 aromatic rings. The Labute approximate surface area is 106 Å². The second-order valence-electron chi connectivity index (χ2n) is 3.51. The molecule has 0 aliphatic heterocycles. The van der Waals surface area contributed by atoms with Crippen molar-refractivity contribution in [3.63, 3.8) is 0 Å². The molecule has 0 spiro atoms. The van der Waals surface area contributed by atoms with E-state index >= 15 is 0 Å². The summed E-state index contributed by atoms with van der Waals surface area (Å²) in [6.45, 7) is 0.297. The molecular weight excluding hydrogens is 269 g/mol. The van der Waals surface area contributed by atoms with Crippen LogP contribution in [0, 0.1) is 0 Å². The van der Waals surface area contributed by atoms with E-state index in [-0.39, 0.29) is 5.02 Å². The van der Waals surface area contributed by atoms with Crippen molar-refractivity contribution in [1.29, 1.82) is 0 Å². The Morgan fingerprint density at radius 1 is 1.33 bits per heavy atom. The number of halogens is 4. The second kappa shape index (κ2) is 4.89. The first-order valence-electron chi connectivity index (χ1n) is 4.95. The van der Waals surface area contributed by atoms with Gasteiger partial charge in [0.05, 0.1) is 29.0 Å². The maximum atomic E-state index is 12.4. The number of alkyl halides is 3. The third kappa shape index (κ3) is 2.95. The molecule has 0 atom stereocenters. The molecule has 7 heteroatoms. The zero-order valence-electron chi connectivity index (χ0n) is 8.96. The summed E-state index contributed by atoms with van der Waals surface area (Å²) in [6.07, 6.45) is -1.62. The Kier molecular flexibility index (Phi) is 3.47. The first kappa shape index (κ1) is 12.8. The van der Waals surface area contributed by atoms with Gasteiger partial charge < -0.3 is 9.73 Å². The number of aromatic nitrogens is 1. The number of hydrogen-bond donors (Lipinski definition) is 1. The third-order valence-corrected chi connectivity index (χ3v) is 2.55. The van der Waals surface area contributed by atoms with Crippen LogP contribution >= 0.6 is 11.6 Å². The lowest BCUT2D eigenvalue weighted by Gasteiger charge is -2.10. The summed E-state index contributed by atoms with van der Waals surface area (Å²) in [5.41, 5.74) is -0.376. The van der Waals surface area contributed by atoms with Gasteiger partial charge in [0, 0.05) is 0 Å². The van der Waals surface area contributed by atoms with Crippen molar-refractivity contribution in [3.05, 3.63) is 47.1 Å². The number of anilines is 1. The van der Waals surface area contributed by atoms with Crippen LogP contribution in [0.1, 0.15) is 11.3 Å². The zero-order valence-corrected chi connectivity index (χ0v) is 9.72. The minimum Gasteiger partial charge on any atom is -0.447 e. The van der Waals surface area contributed by atoms with E-state index in [9.17, 15) is 13.2 Å². The number of oxazole rings is 1. The van der Waals surface area contributed by atoms with Crippen LogP contribution in [-0.4, -0.2) is 4.98 Å². The van der Waals surface area contributed by atoms with E-state index in [1.807, 2.05) is 0 Å². The molecule has 3 nitrogen and oxygen atoms in total. The van der Waals surface area contributed by atoms with Crippen LogP contribution in [0.5, 0.6) is 0 Å². The van der Waals surface area contributed by atoms with Crippen LogP contribution in [-0.2, 0) is 12.7 Å². The summed E-state index contributed by atoms with van der Waals surface area (Å²) < 4.78 is 42.2. The van der Waals surface area contributed by atoms with Crippen molar-refractivity contribution >= 4 is 17.3 Å². The Hall–Kier alpha value is -1.69. The maximum Gasteiger partial charge on any atom is 0.416 e. The monoisotopic (exact) mass is 276 g/mol. The quantitative estimate of drug-likeness (QED) is 0.922. The molecule has 0 aliphatic carbocycles. The van der Waals surface area contributed by atoms with Gasteiger partial charge in [-0.1, -0.05) is 11.6 Å². The smallest absolute Gasteiger partial charge is 0.416 e. The highest BCUT2D eigenvalue weighted by molar-refractivity contribution is 6.33. The van der Waals surface area contributed by atoms with E-state index in [2.05, 4.69) is 10.3 Å². The molecule has 18 heavy (non-hydrogen) atoms. The van der Waals surface area contributed by atoms with Crippen molar-refractivity contribution in [3.8, 4) is 0 Å². The number of nitrogens with zero attached hydrogens (tertiary/aromatic N) is 1. The fraction of sp³-hybridized carbons (Fsp3) is 0.182. The van der Waals surface area contributed by atoms with E-state index in [0.717, 1.165) is 12.1 Å². The molecule has 1 heterocycles. The molecule has 0 saturated heterocycles. The first-order valence-corrected chi connectivity index (χ1v) is 5.32. The Bertz CT molecular complexity index is 526. The molecule has 0 aliphatic rings. The van der Waals surface area contributed by atoms with Crippen molar-refractivity contribution in [1.82, 2.24) is 4.98 Å². The van der Waals surface area contributed by atoms with Gasteiger partial charge in [0.25, 0.3) is 0 Å². The predicted molar refractivity (Wildman–Crippen MR) is 60.3 cm³/mol. The highest BCUT2D eigenvalue weighted by atomic mass is 35.5. The molecule has 0 unspecified atom stereocenters. The van der Waals surface area contributed by atoms with Gasteiger partial charge in [0.1, 0.15) is 5.76 Å². The second-order valence-corrected chi connectivity index (χ2v) is 3.92. The van der Waals surface area contributed by atoms with Crippen molar-refractivity contribution in [2.45, 2.75) is 12.7 Å². The lowest BCUT2D eigenvalue weighted by molar-refractivity contribution is -0.137. The van der Waals surface area contributed by atoms with Gasteiger partial charge in [-0.05, 0) is 18.2 Å². The summed E-state index contributed by atoms with van der Waals surface area (Å²) in [5.74, 6) is 0.561. The normalized spacial score (nSPS) is 11.6. The highest BCUT2D eigenvalue weighted by Gasteiger charge is 2.30. The number of benzene rings is 1. The summed E-state index contributed by atoms with van der Waals surface area (Å²) in [4.78, 5) is 3.71. The van der Waals surface area contributed by atoms with Crippen LogP contribution in [0.15, 0.2) is 35.2 Å². The van der Waals surface area contributed by atoms with Crippen LogP contribution in [0.4, 0.5) is 18.9 Å². The fourth-order valence-electron chi connectivity index (χ4n) is 1.35. The number of rotatable bonds is 3. The third-order valence-electron chi connectivity index (χ3n) is 2.23. The molecule has 2 rings (SSSR count). The predicted octanol–water partition coefficient (Wildman–Crippen LogP) is 3.96. The topological polar surface area (TPSA) is 38.1 Å². The van der Waals surface area contributed by atoms with E-state index in [1.54, 1.807) is 0 Å². The molecule has 0 radical (unpaired) electrons. The van der Waals surface area contributed by atoms with E-state index in [0.29, 0.717) is 18.0 Å². The van der Waals surface area contributed by atoms with Crippen molar-refractivity contribution in [2.24, 2.45) is 0 Å². The van der Waals surface area contributed by atoms with E-state index in [4.69, 9.17) is 16.0 Å². The average Bonchev–Trinajstić information content (AvgIpc) is 2.79. The van der Waals surface area contributed by atoms with Crippen molar-refractivity contribution in [2.75, 3.05) is 5.32 Å². The lowest BCUT2D eigenvalue weighted by Crippen LogP contribution is -2.06. The number of nitrogens with one attached hydrogen (secondary N) is 1. The Balaban J connectivity index is 2.10. The lowest BCUT2D eigenvalue weighted by atomic mass is 10.2. The Morgan fingerprint density at radius 2 is 2.11 bits per heavy atom. The van der Waals surface area contributed by atoms with Gasteiger partial charge >= 0.3 is 6.18 Å². The van der Waals surface area contributed by atoms with Gasteiger partial charge in [-0.15, -0.1) is 0 Å². The average molecular weight is 277 g/mol. The van der Waals surface area contributed by atoms with Gasteiger partial charge in [-0.25, -0.2) is 4.98 Å². The summed E-state index contributed by atoms with van der Waals surface area (Å²) >= 11 is 5.77. The summed E-state index contributed by atoms with van der Waals surface area (Å²) in [5, 5.41) is 2.86. The molecule has 96 valence electrons. The summed E-state index contributed by atoms with van der Waals surface area (Å²) in [6, 6.07) is 3.13. The Morgan fingerprint density at radius 3 is 2.67 bits per heavy atom. The molecule has 0 fully saturated rings. The van der Waals surface area contributed by atoms with Gasteiger partial charge in [-0.2, -0.15) is 13.2 Å². The fourth-order valence-corrected chi connectivity index (χ4v) is 1.59. The van der Waals surface area contributed by atoms with E-state index < -0.39 is 11.7 Å². The molecule has 1 aromatic carbocycles. The minimum absolute atomic E-state index is 0.00402. The molecule has 0 bridgehead atoms. The standard InChI is InChI=1S/C11H8ClF3N2O/c12-9-3-7(11(13,14)15)1-2-10(9)17-5-8-4-16-6-18-8/h1-4,6,17H,5H2. The SMILES string of the molecule is FC(F)(F)c1ccc(NCc2cnco2)c(Cl)c1. The largest absolute Gasteiger partial charge is 0.447 e. The molecule has 1 aromatic heterocycles. The van der Waals surface area contributed by atoms with Gasteiger partial charge in [-0.3, -0.25) is 0 Å².